The maximum atomic E-state index is 9.23. The van der Waals surface area contributed by atoms with Gasteiger partial charge in [-0.05, 0) is 30.3 Å². The van der Waals surface area contributed by atoms with Crippen molar-refractivity contribution in [3.8, 4) is 17.6 Å². The molecule has 0 aliphatic carbocycles. The molecule has 3 aromatic rings. The van der Waals surface area contributed by atoms with Gasteiger partial charge in [-0.15, -0.1) is 0 Å². The molecule has 0 radical (unpaired) electrons. The van der Waals surface area contributed by atoms with Crippen LogP contribution in [0.15, 0.2) is 48.5 Å². The van der Waals surface area contributed by atoms with Crippen molar-refractivity contribution in [1.82, 2.24) is 4.57 Å². The SMILES string of the molecule is Cn1c(N)c(C#N)c2cc(Oc3ccccc3)ccc21. The number of fused-ring (bicyclic) bond motifs is 1. The zero-order chi connectivity index (χ0) is 14.1. The number of nitrogen functional groups attached to an aromatic ring is 1. The van der Waals surface area contributed by atoms with Crippen molar-refractivity contribution >= 4 is 16.7 Å². The third-order valence-electron chi connectivity index (χ3n) is 3.31. The van der Waals surface area contributed by atoms with Gasteiger partial charge in [0.25, 0.3) is 0 Å². The number of nitrogens with two attached hydrogens (primary N) is 1. The van der Waals surface area contributed by atoms with Gasteiger partial charge in [-0.1, -0.05) is 18.2 Å². The molecule has 98 valence electrons. The Balaban J connectivity index is 2.09. The normalized spacial score (nSPS) is 10.4. The van der Waals surface area contributed by atoms with E-state index < -0.39 is 0 Å². The number of rotatable bonds is 2. The van der Waals surface area contributed by atoms with Crippen LogP contribution in [0.25, 0.3) is 10.9 Å². The molecular formula is C16H13N3O. The van der Waals surface area contributed by atoms with Crippen molar-refractivity contribution in [2.75, 3.05) is 5.73 Å². The van der Waals surface area contributed by atoms with Crippen molar-refractivity contribution < 1.29 is 4.74 Å². The molecule has 0 saturated carbocycles. The Morgan fingerprint density at radius 2 is 1.85 bits per heavy atom. The first-order valence-electron chi connectivity index (χ1n) is 6.21. The monoisotopic (exact) mass is 263 g/mol. The number of benzene rings is 2. The summed E-state index contributed by atoms with van der Waals surface area (Å²) >= 11 is 0. The second kappa shape index (κ2) is 4.63. The van der Waals surface area contributed by atoms with Gasteiger partial charge in [0.05, 0.1) is 5.52 Å². The zero-order valence-corrected chi connectivity index (χ0v) is 11.0. The summed E-state index contributed by atoms with van der Waals surface area (Å²) in [5, 5.41) is 10.0. The standard InChI is InChI=1S/C16H13N3O/c1-19-15-8-7-12(20-11-5-3-2-4-6-11)9-13(15)14(10-17)16(19)18/h2-9H,18H2,1H3. The topological polar surface area (TPSA) is 64.0 Å². The fourth-order valence-corrected chi connectivity index (χ4v) is 2.25. The van der Waals surface area contributed by atoms with Crippen LogP contribution in [0.5, 0.6) is 11.5 Å². The fraction of sp³-hybridized carbons (Fsp3) is 0.0625. The summed E-state index contributed by atoms with van der Waals surface area (Å²) in [6.07, 6.45) is 0. The van der Waals surface area contributed by atoms with Crippen LogP contribution >= 0.6 is 0 Å². The molecule has 0 atom stereocenters. The Morgan fingerprint density at radius 3 is 2.55 bits per heavy atom. The fourth-order valence-electron chi connectivity index (χ4n) is 2.25. The van der Waals surface area contributed by atoms with E-state index in [0.717, 1.165) is 16.7 Å². The minimum absolute atomic E-state index is 0.472. The van der Waals surface area contributed by atoms with Crippen LogP contribution < -0.4 is 10.5 Å². The van der Waals surface area contributed by atoms with Crippen molar-refractivity contribution in [3.63, 3.8) is 0 Å². The minimum Gasteiger partial charge on any atom is -0.457 e. The van der Waals surface area contributed by atoms with Crippen LogP contribution in [0.2, 0.25) is 0 Å². The van der Waals surface area contributed by atoms with E-state index in [4.69, 9.17) is 10.5 Å². The second-order valence-electron chi connectivity index (χ2n) is 4.53. The largest absolute Gasteiger partial charge is 0.457 e. The second-order valence-corrected chi connectivity index (χ2v) is 4.53. The molecule has 20 heavy (non-hydrogen) atoms. The van der Waals surface area contributed by atoms with Crippen molar-refractivity contribution in [1.29, 1.82) is 5.26 Å². The Labute approximate surface area is 116 Å². The molecule has 0 unspecified atom stereocenters. The van der Waals surface area contributed by atoms with Crippen LogP contribution in [-0.2, 0) is 7.05 Å². The molecule has 2 aromatic carbocycles. The summed E-state index contributed by atoms with van der Waals surface area (Å²) in [6, 6.07) is 17.3. The predicted octanol–water partition coefficient (Wildman–Crippen LogP) is 3.42. The summed E-state index contributed by atoms with van der Waals surface area (Å²) in [7, 11) is 1.84. The number of nitriles is 1. The van der Waals surface area contributed by atoms with Crippen LogP contribution in [0.4, 0.5) is 5.82 Å². The first kappa shape index (κ1) is 12.1. The number of para-hydroxylation sites is 1. The van der Waals surface area contributed by atoms with Crippen molar-refractivity contribution in [2.45, 2.75) is 0 Å². The molecule has 1 aromatic heterocycles. The average molecular weight is 263 g/mol. The molecule has 2 N–H and O–H groups in total. The average Bonchev–Trinajstić information content (AvgIpc) is 2.71. The van der Waals surface area contributed by atoms with Crippen LogP contribution in [0.1, 0.15) is 5.56 Å². The number of ether oxygens (including phenoxy) is 1. The highest BCUT2D eigenvalue weighted by Gasteiger charge is 2.13. The highest BCUT2D eigenvalue weighted by Crippen LogP contribution is 2.31. The summed E-state index contributed by atoms with van der Waals surface area (Å²) < 4.78 is 7.58. The minimum atomic E-state index is 0.472. The quantitative estimate of drug-likeness (QED) is 0.770. The molecule has 0 aliphatic rings. The van der Waals surface area contributed by atoms with E-state index in [9.17, 15) is 5.26 Å². The maximum absolute atomic E-state index is 9.23. The molecule has 0 saturated heterocycles. The van der Waals surface area contributed by atoms with E-state index in [2.05, 4.69) is 6.07 Å². The van der Waals surface area contributed by atoms with Gasteiger partial charge in [-0.25, -0.2) is 0 Å². The van der Waals surface area contributed by atoms with Gasteiger partial charge in [0.1, 0.15) is 28.9 Å². The highest BCUT2D eigenvalue weighted by atomic mass is 16.5. The van der Waals surface area contributed by atoms with Crippen molar-refractivity contribution in [3.05, 3.63) is 54.1 Å². The third-order valence-corrected chi connectivity index (χ3v) is 3.31. The van der Waals surface area contributed by atoms with E-state index in [1.165, 1.54) is 0 Å². The number of anilines is 1. The van der Waals surface area contributed by atoms with E-state index >= 15 is 0 Å². The smallest absolute Gasteiger partial charge is 0.128 e. The first-order chi connectivity index (χ1) is 9.70. The molecule has 0 bridgehead atoms. The molecule has 0 aliphatic heterocycles. The van der Waals surface area contributed by atoms with Gasteiger partial charge < -0.3 is 15.0 Å². The number of hydrogen-bond acceptors (Lipinski definition) is 3. The van der Waals surface area contributed by atoms with E-state index in [1.54, 1.807) is 4.57 Å². The van der Waals surface area contributed by atoms with Gasteiger partial charge in [0.15, 0.2) is 0 Å². The zero-order valence-electron chi connectivity index (χ0n) is 11.0. The van der Waals surface area contributed by atoms with E-state index in [1.807, 2.05) is 55.6 Å². The van der Waals surface area contributed by atoms with E-state index in [-0.39, 0.29) is 0 Å². The lowest BCUT2D eigenvalue weighted by atomic mass is 10.2. The molecular weight excluding hydrogens is 250 g/mol. The molecule has 1 heterocycles. The summed E-state index contributed by atoms with van der Waals surface area (Å²) in [5.41, 5.74) is 7.33. The Hall–Kier alpha value is -2.93. The van der Waals surface area contributed by atoms with Crippen LogP contribution in [0.3, 0.4) is 0 Å². The lowest BCUT2D eigenvalue weighted by Gasteiger charge is -2.05. The van der Waals surface area contributed by atoms with Gasteiger partial charge in [0, 0.05) is 12.4 Å². The first-order valence-corrected chi connectivity index (χ1v) is 6.21. The lowest BCUT2D eigenvalue weighted by molar-refractivity contribution is 0.483. The molecule has 4 heteroatoms. The molecule has 0 amide bonds. The maximum Gasteiger partial charge on any atom is 0.128 e. The highest BCUT2D eigenvalue weighted by molar-refractivity contribution is 5.92. The van der Waals surface area contributed by atoms with E-state index in [0.29, 0.717) is 17.1 Å². The Morgan fingerprint density at radius 1 is 1.10 bits per heavy atom. The number of aryl methyl sites for hydroxylation is 1. The third kappa shape index (κ3) is 1.86. The number of nitrogens with zero attached hydrogens (tertiary/aromatic N) is 2. The van der Waals surface area contributed by atoms with Crippen molar-refractivity contribution in [2.24, 2.45) is 7.05 Å². The predicted molar refractivity (Wildman–Crippen MR) is 78.6 cm³/mol. The summed E-state index contributed by atoms with van der Waals surface area (Å²) in [4.78, 5) is 0. The van der Waals surface area contributed by atoms with Gasteiger partial charge in [0.2, 0.25) is 0 Å². The summed E-state index contributed by atoms with van der Waals surface area (Å²) in [5.74, 6) is 1.92. The van der Waals surface area contributed by atoms with Gasteiger partial charge in [-0.2, -0.15) is 5.26 Å². The summed E-state index contributed by atoms with van der Waals surface area (Å²) in [6.45, 7) is 0. The van der Waals surface area contributed by atoms with Crippen LogP contribution in [0, 0.1) is 11.3 Å². The molecule has 0 fully saturated rings. The van der Waals surface area contributed by atoms with Crippen LogP contribution in [-0.4, -0.2) is 4.57 Å². The Bertz CT molecular complexity index is 813. The number of aromatic nitrogens is 1. The molecule has 4 nitrogen and oxygen atoms in total. The molecule has 3 rings (SSSR count). The Kier molecular flexibility index (Phi) is 2.81. The van der Waals surface area contributed by atoms with Gasteiger partial charge in [-0.3, -0.25) is 0 Å². The molecule has 0 spiro atoms. The lowest BCUT2D eigenvalue weighted by Crippen LogP contribution is -1.96. The number of hydrogen-bond donors (Lipinski definition) is 1. The van der Waals surface area contributed by atoms with Gasteiger partial charge >= 0.3 is 0 Å².